The molecule has 0 aliphatic heterocycles. The van der Waals surface area contributed by atoms with Crippen molar-refractivity contribution in [2.45, 2.75) is 43.5 Å². The topological polar surface area (TPSA) is 60.1 Å². The van der Waals surface area contributed by atoms with Crippen molar-refractivity contribution in [1.29, 1.82) is 0 Å². The first kappa shape index (κ1) is 16.6. The average Bonchev–Trinajstić information content (AvgIpc) is 2.95. The third-order valence-electron chi connectivity index (χ3n) is 3.78. The molecular weight excluding hydrogens is 320 g/mol. The minimum atomic E-state index is -0.261. The highest BCUT2D eigenvalue weighted by Crippen LogP contribution is 2.25. The summed E-state index contributed by atoms with van der Waals surface area (Å²) in [5, 5.41) is 4.62. The van der Waals surface area contributed by atoms with Gasteiger partial charge < -0.3 is 0 Å². The minimum absolute atomic E-state index is 0.0762. The first-order valence-corrected chi connectivity index (χ1v) is 8.71. The zero-order valence-corrected chi connectivity index (χ0v) is 15.0. The van der Waals surface area contributed by atoms with Crippen LogP contribution in [0.2, 0.25) is 0 Å². The van der Waals surface area contributed by atoms with Gasteiger partial charge in [-0.3, -0.25) is 4.79 Å². The zero-order valence-electron chi connectivity index (χ0n) is 14.2. The van der Waals surface area contributed by atoms with Gasteiger partial charge in [0.2, 0.25) is 5.16 Å². The van der Waals surface area contributed by atoms with Gasteiger partial charge in [0.25, 0.3) is 5.78 Å². The van der Waals surface area contributed by atoms with Crippen LogP contribution < -0.4 is 0 Å². The maximum atomic E-state index is 12.6. The van der Waals surface area contributed by atoms with E-state index in [2.05, 4.69) is 35.8 Å². The molecule has 0 radical (unpaired) electrons. The molecule has 2 aromatic heterocycles. The fraction of sp³-hybridized carbons (Fsp3) is 0.333. The number of rotatable bonds is 4. The summed E-state index contributed by atoms with van der Waals surface area (Å²) in [5.74, 6) is 0.612. The van der Waals surface area contributed by atoms with Crippen molar-refractivity contribution in [2.75, 3.05) is 0 Å². The molecule has 5 nitrogen and oxygen atoms in total. The van der Waals surface area contributed by atoms with Gasteiger partial charge in [0.05, 0.1) is 5.25 Å². The van der Waals surface area contributed by atoms with Crippen LogP contribution in [0.25, 0.3) is 5.78 Å². The van der Waals surface area contributed by atoms with Crippen LogP contribution in [0, 0.1) is 0 Å². The van der Waals surface area contributed by atoms with E-state index in [0.717, 1.165) is 0 Å². The number of benzene rings is 1. The third-order valence-corrected chi connectivity index (χ3v) is 4.74. The smallest absolute Gasteiger partial charge is 0.253 e. The highest BCUT2D eigenvalue weighted by molar-refractivity contribution is 8.00. The number of nitrogens with zero attached hydrogens (tertiary/aromatic N) is 4. The van der Waals surface area contributed by atoms with Crippen molar-refractivity contribution in [3.8, 4) is 0 Å². The summed E-state index contributed by atoms with van der Waals surface area (Å²) in [6.45, 7) is 8.35. The molecule has 0 N–H and O–H groups in total. The lowest BCUT2D eigenvalue weighted by atomic mass is 9.86. The Morgan fingerprint density at radius 3 is 2.54 bits per heavy atom. The molecule has 0 aliphatic rings. The van der Waals surface area contributed by atoms with Gasteiger partial charge in [-0.25, -0.2) is 9.50 Å². The van der Waals surface area contributed by atoms with Crippen LogP contribution in [0.1, 0.15) is 43.6 Å². The van der Waals surface area contributed by atoms with Gasteiger partial charge in [0.15, 0.2) is 5.78 Å². The van der Waals surface area contributed by atoms with E-state index in [1.54, 1.807) is 23.0 Å². The van der Waals surface area contributed by atoms with Crippen molar-refractivity contribution >= 4 is 23.3 Å². The standard InChI is InChI=1S/C18H20N4OS/c1-12(24-17-20-16-19-10-5-11-22(16)21-17)15(23)13-6-8-14(9-7-13)18(2,3)4/h5-12H,1-4H3/t12-/m1/s1. The van der Waals surface area contributed by atoms with Gasteiger partial charge in [0.1, 0.15) is 0 Å². The molecule has 2 heterocycles. The number of Topliss-reactive ketones (excluding diaryl/α,β-unsaturated/α-hetero) is 1. The number of fused-ring (bicyclic) bond motifs is 1. The van der Waals surface area contributed by atoms with Gasteiger partial charge in [-0.05, 0) is 24.0 Å². The van der Waals surface area contributed by atoms with E-state index in [0.29, 0.717) is 16.5 Å². The van der Waals surface area contributed by atoms with E-state index in [-0.39, 0.29) is 16.4 Å². The number of ketones is 1. The number of thioether (sulfide) groups is 1. The third kappa shape index (κ3) is 3.48. The van der Waals surface area contributed by atoms with E-state index in [4.69, 9.17) is 0 Å². The van der Waals surface area contributed by atoms with Gasteiger partial charge in [-0.2, -0.15) is 4.98 Å². The lowest BCUT2D eigenvalue weighted by Crippen LogP contribution is -2.15. The van der Waals surface area contributed by atoms with Crippen LogP contribution in [0.15, 0.2) is 47.9 Å². The predicted octanol–water partition coefficient (Wildman–Crippen LogP) is 3.79. The van der Waals surface area contributed by atoms with E-state index >= 15 is 0 Å². The van der Waals surface area contributed by atoms with Gasteiger partial charge in [-0.1, -0.05) is 56.8 Å². The molecule has 0 aliphatic carbocycles. The summed E-state index contributed by atoms with van der Waals surface area (Å²) >= 11 is 1.35. The Bertz CT molecular complexity index is 832. The van der Waals surface area contributed by atoms with Crippen molar-refractivity contribution in [3.63, 3.8) is 0 Å². The summed E-state index contributed by atoms with van der Waals surface area (Å²) in [4.78, 5) is 21.1. The van der Waals surface area contributed by atoms with Crippen LogP contribution in [-0.4, -0.2) is 30.6 Å². The minimum Gasteiger partial charge on any atom is -0.293 e. The van der Waals surface area contributed by atoms with Crippen LogP contribution in [0.4, 0.5) is 0 Å². The second kappa shape index (κ2) is 6.36. The van der Waals surface area contributed by atoms with Crippen molar-refractivity contribution in [3.05, 3.63) is 53.9 Å². The molecule has 0 bridgehead atoms. The fourth-order valence-electron chi connectivity index (χ4n) is 2.34. The molecule has 0 saturated carbocycles. The molecule has 0 fully saturated rings. The summed E-state index contributed by atoms with van der Waals surface area (Å²) < 4.78 is 1.61. The van der Waals surface area contributed by atoms with Crippen LogP contribution in [-0.2, 0) is 5.41 Å². The Hall–Kier alpha value is -2.21. The molecule has 6 heteroatoms. The first-order chi connectivity index (χ1) is 11.3. The Kier molecular flexibility index (Phi) is 4.41. The largest absolute Gasteiger partial charge is 0.293 e. The van der Waals surface area contributed by atoms with Crippen LogP contribution >= 0.6 is 11.8 Å². The van der Waals surface area contributed by atoms with E-state index in [1.807, 2.05) is 31.2 Å². The molecule has 3 aromatic rings. The van der Waals surface area contributed by atoms with Crippen molar-refractivity contribution in [2.24, 2.45) is 0 Å². The van der Waals surface area contributed by atoms with Crippen molar-refractivity contribution in [1.82, 2.24) is 19.6 Å². The summed E-state index contributed by atoms with van der Waals surface area (Å²) in [5.41, 5.74) is 2.01. The molecule has 3 rings (SSSR count). The second-order valence-corrected chi connectivity index (χ2v) is 8.02. The summed E-state index contributed by atoms with van der Waals surface area (Å²) in [6.07, 6.45) is 3.46. The maximum Gasteiger partial charge on any atom is 0.253 e. The second-order valence-electron chi connectivity index (χ2n) is 6.71. The highest BCUT2D eigenvalue weighted by atomic mass is 32.2. The number of aromatic nitrogens is 4. The zero-order chi connectivity index (χ0) is 17.3. The Labute approximate surface area is 145 Å². The van der Waals surface area contributed by atoms with Crippen LogP contribution in [0.5, 0.6) is 0 Å². The quantitative estimate of drug-likeness (QED) is 0.534. The Balaban J connectivity index is 1.74. The monoisotopic (exact) mass is 340 g/mol. The lowest BCUT2D eigenvalue weighted by Gasteiger charge is -2.19. The maximum absolute atomic E-state index is 12.6. The van der Waals surface area contributed by atoms with Gasteiger partial charge in [-0.15, -0.1) is 5.10 Å². The average molecular weight is 340 g/mol. The summed E-state index contributed by atoms with van der Waals surface area (Å²) in [7, 11) is 0. The predicted molar refractivity (Wildman–Crippen MR) is 95.6 cm³/mol. The molecule has 0 spiro atoms. The highest BCUT2D eigenvalue weighted by Gasteiger charge is 2.20. The number of carbonyl (C=O) groups excluding carboxylic acids is 1. The molecule has 1 atom stereocenters. The Morgan fingerprint density at radius 1 is 1.21 bits per heavy atom. The Morgan fingerprint density at radius 2 is 1.92 bits per heavy atom. The van der Waals surface area contributed by atoms with Gasteiger partial charge >= 0.3 is 0 Å². The number of carbonyl (C=O) groups is 1. The molecule has 124 valence electrons. The van der Waals surface area contributed by atoms with Crippen LogP contribution in [0.3, 0.4) is 0 Å². The van der Waals surface area contributed by atoms with Crippen molar-refractivity contribution < 1.29 is 4.79 Å². The molecule has 0 saturated heterocycles. The molecule has 0 unspecified atom stereocenters. The first-order valence-electron chi connectivity index (χ1n) is 7.83. The van der Waals surface area contributed by atoms with E-state index < -0.39 is 0 Å². The molecule has 0 amide bonds. The fourth-order valence-corrected chi connectivity index (χ4v) is 3.17. The van der Waals surface area contributed by atoms with Gasteiger partial charge in [0, 0.05) is 18.0 Å². The molecule has 1 aromatic carbocycles. The van der Waals surface area contributed by atoms with E-state index in [1.165, 1.54) is 17.3 Å². The van der Waals surface area contributed by atoms with E-state index in [9.17, 15) is 4.79 Å². The normalized spacial score (nSPS) is 13.2. The molecule has 24 heavy (non-hydrogen) atoms. The SMILES string of the molecule is C[C@@H](Sc1nc2ncccn2n1)C(=O)c1ccc(C(C)(C)C)cc1. The summed E-state index contributed by atoms with van der Waals surface area (Å²) in [6, 6.07) is 9.65. The number of hydrogen-bond donors (Lipinski definition) is 0. The molecular formula is C18H20N4OS. The number of hydrogen-bond acceptors (Lipinski definition) is 5. The lowest BCUT2D eigenvalue weighted by molar-refractivity contribution is 0.0994.